The van der Waals surface area contributed by atoms with Gasteiger partial charge >= 0.3 is 6.18 Å². The highest BCUT2D eigenvalue weighted by Crippen LogP contribution is 2.38. The predicted molar refractivity (Wildman–Crippen MR) is 130 cm³/mol. The van der Waals surface area contributed by atoms with Gasteiger partial charge in [-0.3, -0.25) is 9.59 Å². The van der Waals surface area contributed by atoms with Gasteiger partial charge in [-0.05, 0) is 54.2 Å². The smallest absolute Gasteiger partial charge is 0.294 e. The molecule has 34 heavy (non-hydrogen) atoms. The van der Waals surface area contributed by atoms with E-state index in [1.807, 2.05) is 0 Å². The van der Waals surface area contributed by atoms with E-state index in [4.69, 9.17) is 0 Å². The van der Waals surface area contributed by atoms with Crippen LogP contribution in [0.3, 0.4) is 0 Å². The number of ketones is 2. The van der Waals surface area contributed by atoms with Crippen molar-refractivity contribution in [2.75, 3.05) is 0 Å². The lowest BCUT2D eigenvalue weighted by Gasteiger charge is -2.29. The zero-order valence-electron chi connectivity index (χ0n) is 20.0. The zero-order valence-corrected chi connectivity index (χ0v) is 20.0. The van der Waals surface area contributed by atoms with Crippen LogP contribution in [-0.2, 0) is 4.79 Å². The summed E-state index contributed by atoms with van der Waals surface area (Å²) in [5.74, 6) is -1.35. The minimum Gasteiger partial charge on any atom is -0.294 e. The second-order valence-electron chi connectivity index (χ2n) is 9.64. The van der Waals surface area contributed by atoms with Crippen molar-refractivity contribution in [3.05, 3.63) is 59.7 Å². The molecule has 0 amide bonds. The Balaban J connectivity index is 1.50. The molecule has 2 aromatic carbocycles. The maximum atomic E-state index is 12.4. The molecule has 0 atom stereocenters. The van der Waals surface area contributed by atoms with E-state index < -0.39 is 24.2 Å². The highest BCUT2D eigenvalue weighted by atomic mass is 19.4. The highest BCUT2D eigenvalue weighted by Gasteiger charge is 2.39. The van der Waals surface area contributed by atoms with E-state index in [9.17, 15) is 22.8 Å². The summed E-state index contributed by atoms with van der Waals surface area (Å²) in [6.07, 6.45) is 7.11. The van der Waals surface area contributed by atoms with Crippen molar-refractivity contribution in [2.24, 2.45) is 5.92 Å². The number of hydrogen-bond donors (Lipinski definition) is 0. The molecule has 2 nitrogen and oxygen atoms in total. The summed E-state index contributed by atoms with van der Waals surface area (Å²) in [5, 5.41) is 0. The van der Waals surface area contributed by atoms with Gasteiger partial charge in [0.2, 0.25) is 5.78 Å². The quantitative estimate of drug-likeness (QED) is 0.186. The van der Waals surface area contributed by atoms with E-state index in [1.165, 1.54) is 81.9 Å². The molecule has 0 aliphatic heterocycles. The van der Waals surface area contributed by atoms with Crippen molar-refractivity contribution in [1.82, 2.24) is 0 Å². The fraction of sp³-hybridized carbons (Fsp3) is 0.517. The van der Waals surface area contributed by atoms with Gasteiger partial charge in [0, 0.05) is 5.56 Å². The van der Waals surface area contributed by atoms with E-state index >= 15 is 0 Å². The van der Waals surface area contributed by atoms with Gasteiger partial charge in [-0.25, -0.2) is 0 Å². The minimum atomic E-state index is -4.98. The van der Waals surface area contributed by atoms with Crippen LogP contribution in [0.25, 0.3) is 11.1 Å². The second-order valence-corrected chi connectivity index (χ2v) is 9.64. The van der Waals surface area contributed by atoms with Crippen LogP contribution in [0, 0.1) is 5.92 Å². The molecule has 0 N–H and O–H groups in total. The molecule has 1 fully saturated rings. The first-order valence-electron chi connectivity index (χ1n) is 12.6. The lowest BCUT2D eigenvalue weighted by Crippen LogP contribution is -2.25. The maximum absolute atomic E-state index is 12.4. The van der Waals surface area contributed by atoms with Gasteiger partial charge in [-0.1, -0.05) is 94.0 Å². The van der Waals surface area contributed by atoms with Crippen molar-refractivity contribution in [3.63, 3.8) is 0 Å². The number of hydrogen-bond acceptors (Lipinski definition) is 2. The first-order valence-corrected chi connectivity index (χ1v) is 12.6. The summed E-state index contributed by atoms with van der Waals surface area (Å²) < 4.78 is 37.1. The third-order valence-electron chi connectivity index (χ3n) is 7.12. The molecule has 3 rings (SSSR count). The van der Waals surface area contributed by atoms with Crippen molar-refractivity contribution >= 4 is 11.6 Å². The Labute approximate surface area is 201 Å². The Hall–Kier alpha value is -2.43. The highest BCUT2D eigenvalue weighted by molar-refractivity contribution is 6.09. The summed E-state index contributed by atoms with van der Waals surface area (Å²) in [6, 6.07) is 14.9. The summed E-state index contributed by atoms with van der Waals surface area (Å²) in [6.45, 7) is 2.25. The standard InChI is InChI=1S/C29H35F3O2/c1-2-3-4-5-6-7-21-8-10-22(11-9-21)23-12-14-24(15-13-23)25-16-18-26(19-17-25)27(33)20-28(34)29(30,31)32/h12-19,21-22H,2-11,20H2,1H3. The topological polar surface area (TPSA) is 34.1 Å². The Morgan fingerprint density at radius 3 is 1.91 bits per heavy atom. The molecule has 0 bridgehead atoms. The first kappa shape index (κ1) is 26.2. The van der Waals surface area contributed by atoms with Crippen LogP contribution in [0.4, 0.5) is 13.2 Å². The van der Waals surface area contributed by atoms with Crippen LogP contribution in [0.2, 0.25) is 0 Å². The number of carbonyl (C=O) groups excluding carboxylic acids is 2. The molecule has 0 aromatic heterocycles. The SMILES string of the molecule is CCCCCCCC1CCC(c2ccc(-c3ccc(C(=O)CC(=O)C(F)(F)F)cc3)cc2)CC1. The van der Waals surface area contributed by atoms with Crippen molar-refractivity contribution in [1.29, 1.82) is 0 Å². The maximum Gasteiger partial charge on any atom is 0.450 e. The molecule has 0 unspecified atom stereocenters. The van der Waals surface area contributed by atoms with Gasteiger partial charge in [0.05, 0.1) is 6.42 Å². The average Bonchev–Trinajstić information content (AvgIpc) is 2.84. The Morgan fingerprint density at radius 1 is 0.794 bits per heavy atom. The van der Waals surface area contributed by atoms with Crippen molar-refractivity contribution in [3.8, 4) is 11.1 Å². The summed E-state index contributed by atoms with van der Waals surface area (Å²) in [7, 11) is 0. The molecule has 1 aliphatic carbocycles. The molecule has 0 spiro atoms. The molecule has 184 valence electrons. The van der Waals surface area contributed by atoms with Gasteiger partial charge in [-0.15, -0.1) is 0 Å². The van der Waals surface area contributed by atoms with Crippen molar-refractivity contribution in [2.45, 2.75) is 89.6 Å². The zero-order chi connectivity index (χ0) is 24.6. The van der Waals surface area contributed by atoms with Crippen LogP contribution in [-0.4, -0.2) is 17.7 Å². The molecular weight excluding hydrogens is 437 g/mol. The van der Waals surface area contributed by atoms with E-state index in [2.05, 4.69) is 31.2 Å². The van der Waals surface area contributed by atoms with Gasteiger partial charge in [-0.2, -0.15) is 13.2 Å². The number of rotatable bonds is 11. The van der Waals surface area contributed by atoms with Crippen LogP contribution in [0.15, 0.2) is 48.5 Å². The summed E-state index contributed by atoms with van der Waals surface area (Å²) >= 11 is 0. The molecule has 0 heterocycles. The molecule has 5 heteroatoms. The Morgan fingerprint density at radius 2 is 1.35 bits per heavy atom. The molecular formula is C29H35F3O2. The predicted octanol–water partition coefficient (Wildman–Crippen LogP) is 8.69. The fourth-order valence-corrected chi connectivity index (χ4v) is 4.97. The van der Waals surface area contributed by atoms with Crippen LogP contribution in [0.5, 0.6) is 0 Å². The number of Topliss-reactive ketones (excluding diaryl/α,β-unsaturated/α-hetero) is 2. The van der Waals surface area contributed by atoms with Gasteiger partial charge in [0.15, 0.2) is 5.78 Å². The summed E-state index contributed by atoms with van der Waals surface area (Å²) in [4.78, 5) is 23.0. The third-order valence-corrected chi connectivity index (χ3v) is 7.12. The molecule has 2 aromatic rings. The van der Waals surface area contributed by atoms with E-state index in [-0.39, 0.29) is 5.56 Å². The van der Waals surface area contributed by atoms with Gasteiger partial charge in [0.25, 0.3) is 0 Å². The molecule has 0 saturated heterocycles. The van der Waals surface area contributed by atoms with E-state index in [0.29, 0.717) is 5.92 Å². The van der Waals surface area contributed by atoms with E-state index in [1.54, 1.807) is 12.1 Å². The monoisotopic (exact) mass is 472 g/mol. The van der Waals surface area contributed by atoms with Crippen molar-refractivity contribution < 1.29 is 22.8 Å². The normalized spacial score (nSPS) is 18.6. The van der Waals surface area contributed by atoms with Crippen LogP contribution >= 0.6 is 0 Å². The summed E-state index contributed by atoms with van der Waals surface area (Å²) in [5.41, 5.74) is 3.36. The largest absolute Gasteiger partial charge is 0.450 e. The van der Waals surface area contributed by atoms with Crippen LogP contribution in [0.1, 0.15) is 99.4 Å². The number of unbranched alkanes of at least 4 members (excludes halogenated alkanes) is 4. The van der Waals surface area contributed by atoms with E-state index in [0.717, 1.165) is 17.0 Å². The first-order chi connectivity index (χ1) is 16.3. The lowest BCUT2D eigenvalue weighted by atomic mass is 9.77. The van der Waals surface area contributed by atoms with Gasteiger partial charge in [0.1, 0.15) is 0 Å². The average molecular weight is 473 g/mol. The van der Waals surface area contributed by atoms with Gasteiger partial charge < -0.3 is 0 Å². The Kier molecular flexibility index (Phi) is 9.49. The molecule has 1 aliphatic rings. The lowest BCUT2D eigenvalue weighted by molar-refractivity contribution is -0.170. The molecule has 0 radical (unpaired) electrons. The fourth-order valence-electron chi connectivity index (χ4n) is 4.97. The third kappa shape index (κ3) is 7.54. The number of carbonyl (C=O) groups is 2. The minimum absolute atomic E-state index is 0.111. The Bertz CT molecular complexity index is 921. The number of halogens is 3. The number of benzene rings is 2. The van der Waals surface area contributed by atoms with Crippen LogP contribution < -0.4 is 0 Å². The number of alkyl halides is 3. The molecule has 1 saturated carbocycles. The second kappa shape index (κ2) is 12.3.